The number of amides is 1. The van der Waals surface area contributed by atoms with Crippen molar-refractivity contribution in [3.8, 4) is 0 Å². The van der Waals surface area contributed by atoms with Gasteiger partial charge in [-0.25, -0.2) is 0 Å². The molecular weight excluding hydrogens is 322 g/mol. The SMILES string of the molecule is CC(CBr)CNC(=O)c1ccc(Br)cc1. The Kier molecular flexibility index (Phi) is 5.32. The summed E-state index contributed by atoms with van der Waals surface area (Å²) in [7, 11) is 0. The second kappa shape index (κ2) is 6.28. The lowest BCUT2D eigenvalue weighted by molar-refractivity contribution is 0.0949. The Balaban J connectivity index is 2.50. The fourth-order valence-corrected chi connectivity index (χ4v) is 1.52. The lowest BCUT2D eigenvalue weighted by Gasteiger charge is -2.09. The minimum atomic E-state index is -0.0182. The van der Waals surface area contributed by atoms with Gasteiger partial charge in [-0.15, -0.1) is 0 Å². The van der Waals surface area contributed by atoms with Gasteiger partial charge in [-0.05, 0) is 30.2 Å². The van der Waals surface area contributed by atoms with Gasteiger partial charge in [-0.2, -0.15) is 0 Å². The molecule has 4 heteroatoms. The smallest absolute Gasteiger partial charge is 0.251 e. The van der Waals surface area contributed by atoms with E-state index in [0.29, 0.717) is 18.0 Å². The van der Waals surface area contributed by atoms with E-state index < -0.39 is 0 Å². The molecule has 0 aliphatic heterocycles. The number of hydrogen-bond donors (Lipinski definition) is 1. The van der Waals surface area contributed by atoms with Crippen LogP contribution in [-0.2, 0) is 0 Å². The molecule has 0 heterocycles. The van der Waals surface area contributed by atoms with Crippen molar-refractivity contribution in [1.29, 1.82) is 0 Å². The molecule has 1 amide bonds. The van der Waals surface area contributed by atoms with Gasteiger partial charge in [-0.1, -0.05) is 38.8 Å². The van der Waals surface area contributed by atoms with E-state index in [9.17, 15) is 4.79 Å². The van der Waals surface area contributed by atoms with Crippen LogP contribution in [0, 0.1) is 5.92 Å². The molecule has 0 bridgehead atoms. The normalized spacial score (nSPS) is 12.2. The van der Waals surface area contributed by atoms with Crippen molar-refractivity contribution in [2.45, 2.75) is 6.92 Å². The molecule has 1 N–H and O–H groups in total. The fraction of sp³-hybridized carbons (Fsp3) is 0.364. The minimum absolute atomic E-state index is 0.0182. The van der Waals surface area contributed by atoms with Crippen LogP contribution in [-0.4, -0.2) is 17.8 Å². The molecule has 0 aromatic heterocycles. The van der Waals surface area contributed by atoms with E-state index in [4.69, 9.17) is 0 Å². The molecular formula is C11H13Br2NO. The molecule has 0 aliphatic carbocycles. The van der Waals surface area contributed by atoms with Gasteiger partial charge in [0.1, 0.15) is 0 Å². The van der Waals surface area contributed by atoms with Crippen molar-refractivity contribution in [1.82, 2.24) is 5.32 Å². The summed E-state index contributed by atoms with van der Waals surface area (Å²) in [4.78, 5) is 11.6. The van der Waals surface area contributed by atoms with Gasteiger partial charge in [0, 0.05) is 21.9 Å². The molecule has 0 saturated heterocycles. The van der Waals surface area contributed by atoms with Gasteiger partial charge >= 0.3 is 0 Å². The summed E-state index contributed by atoms with van der Waals surface area (Å²) >= 11 is 6.70. The summed E-state index contributed by atoms with van der Waals surface area (Å²) in [5.74, 6) is 0.430. The highest BCUT2D eigenvalue weighted by Crippen LogP contribution is 2.10. The number of hydrogen-bond acceptors (Lipinski definition) is 1. The molecule has 1 rings (SSSR count). The van der Waals surface area contributed by atoms with Crippen LogP contribution < -0.4 is 5.32 Å². The van der Waals surface area contributed by atoms with Crippen LogP contribution in [0.15, 0.2) is 28.7 Å². The maximum Gasteiger partial charge on any atom is 0.251 e. The summed E-state index contributed by atoms with van der Waals surface area (Å²) in [6, 6.07) is 7.34. The first kappa shape index (κ1) is 12.7. The lowest BCUT2D eigenvalue weighted by atomic mass is 10.2. The fourth-order valence-electron chi connectivity index (χ4n) is 1.02. The molecule has 0 aliphatic rings. The van der Waals surface area contributed by atoms with E-state index in [0.717, 1.165) is 9.80 Å². The Morgan fingerprint density at radius 2 is 2.00 bits per heavy atom. The number of carbonyl (C=O) groups is 1. The van der Waals surface area contributed by atoms with Crippen LogP contribution in [0.2, 0.25) is 0 Å². The van der Waals surface area contributed by atoms with Crippen LogP contribution in [0.4, 0.5) is 0 Å². The second-order valence-electron chi connectivity index (χ2n) is 3.48. The molecule has 0 saturated carbocycles. The highest BCUT2D eigenvalue weighted by atomic mass is 79.9. The van der Waals surface area contributed by atoms with Crippen LogP contribution >= 0.6 is 31.9 Å². The lowest BCUT2D eigenvalue weighted by Crippen LogP contribution is -2.28. The molecule has 1 atom stereocenters. The molecule has 1 aromatic rings. The van der Waals surface area contributed by atoms with Crippen molar-refractivity contribution in [3.63, 3.8) is 0 Å². The first-order valence-electron chi connectivity index (χ1n) is 4.73. The van der Waals surface area contributed by atoms with E-state index in [1.807, 2.05) is 12.1 Å². The minimum Gasteiger partial charge on any atom is -0.352 e. The average Bonchev–Trinajstić information content (AvgIpc) is 2.26. The molecule has 0 fully saturated rings. The zero-order chi connectivity index (χ0) is 11.3. The zero-order valence-electron chi connectivity index (χ0n) is 8.47. The molecule has 1 aromatic carbocycles. The summed E-state index contributed by atoms with van der Waals surface area (Å²) in [5.41, 5.74) is 0.694. The molecule has 0 radical (unpaired) electrons. The van der Waals surface area contributed by atoms with Crippen molar-refractivity contribution in [3.05, 3.63) is 34.3 Å². The molecule has 1 unspecified atom stereocenters. The van der Waals surface area contributed by atoms with Gasteiger partial charge < -0.3 is 5.32 Å². The Bertz CT molecular complexity index is 324. The highest BCUT2D eigenvalue weighted by Gasteiger charge is 2.06. The van der Waals surface area contributed by atoms with E-state index in [1.54, 1.807) is 12.1 Å². The van der Waals surface area contributed by atoms with Gasteiger partial charge in [0.15, 0.2) is 0 Å². The van der Waals surface area contributed by atoms with Gasteiger partial charge in [-0.3, -0.25) is 4.79 Å². The molecule has 82 valence electrons. The van der Waals surface area contributed by atoms with E-state index in [1.165, 1.54) is 0 Å². The number of alkyl halides is 1. The predicted octanol–water partition coefficient (Wildman–Crippen LogP) is 3.21. The maximum absolute atomic E-state index is 11.6. The van der Waals surface area contributed by atoms with Gasteiger partial charge in [0.2, 0.25) is 0 Å². The molecule has 0 spiro atoms. The summed E-state index contributed by atoms with van der Waals surface area (Å²) in [6.07, 6.45) is 0. The van der Waals surface area contributed by atoms with Crippen LogP contribution in [0.3, 0.4) is 0 Å². The van der Waals surface area contributed by atoms with E-state index >= 15 is 0 Å². The first-order valence-corrected chi connectivity index (χ1v) is 6.64. The molecule has 2 nitrogen and oxygen atoms in total. The Hall–Kier alpha value is -0.350. The summed E-state index contributed by atoms with van der Waals surface area (Å²) < 4.78 is 0.980. The third-order valence-electron chi connectivity index (χ3n) is 1.98. The predicted molar refractivity (Wildman–Crippen MR) is 69.4 cm³/mol. The maximum atomic E-state index is 11.6. The highest BCUT2D eigenvalue weighted by molar-refractivity contribution is 9.10. The number of benzene rings is 1. The number of nitrogens with one attached hydrogen (secondary N) is 1. The largest absolute Gasteiger partial charge is 0.352 e. The monoisotopic (exact) mass is 333 g/mol. The third kappa shape index (κ3) is 4.34. The number of rotatable bonds is 4. The Labute approximate surface area is 107 Å². The molecule has 15 heavy (non-hydrogen) atoms. The van der Waals surface area contributed by atoms with Crippen molar-refractivity contribution < 1.29 is 4.79 Å². The summed E-state index contributed by atoms with van der Waals surface area (Å²) in [5, 5.41) is 3.78. The first-order chi connectivity index (χ1) is 7.13. The van der Waals surface area contributed by atoms with Crippen LogP contribution in [0.1, 0.15) is 17.3 Å². The quantitative estimate of drug-likeness (QED) is 0.842. The van der Waals surface area contributed by atoms with Crippen LogP contribution in [0.5, 0.6) is 0 Å². The van der Waals surface area contributed by atoms with Gasteiger partial charge in [0.05, 0.1) is 0 Å². The van der Waals surface area contributed by atoms with Crippen molar-refractivity contribution >= 4 is 37.8 Å². The van der Waals surface area contributed by atoms with Crippen LogP contribution in [0.25, 0.3) is 0 Å². The zero-order valence-corrected chi connectivity index (χ0v) is 11.6. The number of halogens is 2. The van der Waals surface area contributed by atoms with Crippen molar-refractivity contribution in [2.75, 3.05) is 11.9 Å². The summed E-state index contributed by atoms with van der Waals surface area (Å²) in [6.45, 7) is 2.77. The average molecular weight is 335 g/mol. The number of carbonyl (C=O) groups excluding carboxylic acids is 1. The van der Waals surface area contributed by atoms with E-state index in [2.05, 4.69) is 44.1 Å². The topological polar surface area (TPSA) is 29.1 Å². The second-order valence-corrected chi connectivity index (χ2v) is 5.04. The van der Waals surface area contributed by atoms with Gasteiger partial charge in [0.25, 0.3) is 5.91 Å². The Morgan fingerprint density at radius 1 is 1.40 bits per heavy atom. The van der Waals surface area contributed by atoms with E-state index in [-0.39, 0.29) is 5.91 Å². The third-order valence-corrected chi connectivity index (χ3v) is 3.61. The van der Waals surface area contributed by atoms with Crippen molar-refractivity contribution in [2.24, 2.45) is 5.92 Å². The Morgan fingerprint density at radius 3 is 2.53 bits per heavy atom. The standard InChI is InChI=1S/C11H13Br2NO/c1-8(6-12)7-14-11(15)9-2-4-10(13)5-3-9/h2-5,8H,6-7H2,1H3,(H,14,15).